The van der Waals surface area contributed by atoms with Crippen molar-refractivity contribution in [1.29, 1.82) is 0 Å². The number of rotatable bonds is 6. The summed E-state index contributed by atoms with van der Waals surface area (Å²) in [6.45, 7) is 0.525. The quantitative estimate of drug-likeness (QED) is 0.742. The van der Waals surface area contributed by atoms with Crippen LogP contribution in [0.2, 0.25) is 0 Å². The van der Waals surface area contributed by atoms with E-state index in [1.165, 1.54) is 16.5 Å². The predicted octanol–water partition coefficient (Wildman–Crippen LogP) is 3.22. The van der Waals surface area contributed by atoms with Gasteiger partial charge in [0.1, 0.15) is 5.75 Å². The summed E-state index contributed by atoms with van der Waals surface area (Å²) in [7, 11) is 7.71. The Bertz CT molecular complexity index is 915. The van der Waals surface area contributed by atoms with Crippen LogP contribution in [0.15, 0.2) is 54.7 Å². The zero-order chi connectivity index (χ0) is 18.7. The van der Waals surface area contributed by atoms with Gasteiger partial charge in [-0.2, -0.15) is 0 Å². The molecule has 26 heavy (non-hydrogen) atoms. The van der Waals surface area contributed by atoms with Gasteiger partial charge in [-0.3, -0.25) is 4.79 Å². The SMILES string of the molecule is COc1cccc(C(=O)NCC(c2cn(C)c3ccccc23)N(C)C)c1. The summed E-state index contributed by atoms with van der Waals surface area (Å²) >= 11 is 0. The molecule has 1 aromatic heterocycles. The first kappa shape index (κ1) is 18.0. The number of aromatic nitrogens is 1. The molecule has 0 bridgehead atoms. The topological polar surface area (TPSA) is 46.5 Å². The first-order valence-corrected chi connectivity index (χ1v) is 8.64. The van der Waals surface area contributed by atoms with Crippen LogP contribution >= 0.6 is 0 Å². The Morgan fingerprint density at radius 3 is 2.69 bits per heavy atom. The van der Waals surface area contributed by atoms with E-state index in [-0.39, 0.29) is 11.9 Å². The molecule has 136 valence electrons. The first-order chi connectivity index (χ1) is 12.5. The summed E-state index contributed by atoms with van der Waals surface area (Å²) in [6.07, 6.45) is 2.15. The summed E-state index contributed by atoms with van der Waals surface area (Å²) in [5, 5.41) is 4.27. The zero-order valence-corrected chi connectivity index (χ0v) is 15.7. The van der Waals surface area contributed by atoms with Crippen molar-refractivity contribution < 1.29 is 9.53 Å². The van der Waals surface area contributed by atoms with Crippen molar-refractivity contribution in [3.8, 4) is 5.75 Å². The minimum Gasteiger partial charge on any atom is -0.497 e. The van der Waals surface area contributed by atoms with Gasteiger partial charge in [0.25, 0.3) is 5.91 Å². The highest BCUT2D eigenvalue weighted by molar-refractivity contribution is 5.94. The van der Waals surface area contributed by atoms with Crippen molar-refractivity contribution in [2.45, 2.75) is 6.04 Å². The highest BCUT2D eigenvalue weighted by Gasteiger charge is 2.20. The maximum atomic E-state index is 12.5. The minimum atomic E-state index is -0.101. The molecule has 0 radical (unpaired) electrons. The number of carbonyl (C=O) groups is 1. The van der Waals surface area contributed by atoms with E-state index in [1.54, 1.807) is 19.2 Å². The number of nitrogens with one attached hydrogen (secondary N) is 1. The second kappa shape index (κ2) is 7.62. The Kier molecular flexibility index (Phi) is 5.28. The van der Waals surface area contributed by atoms with Crippen LogP contribution in [0.4, 0.5) is 0 Å². The van der Waals surface area contributed by atoms with Gasteiger partial charge >= 0.3 is 0 Å². The number of fused-ring (bicyclic) bond motifs is 1. The van der Waals surface area contributed by atoms with Crippen molar-refractivity contribution >= 4 is 16.8 Å². The molecule has 5 heteroatoms. The second-order valence-corrected chi connectivity index (χ2v) is 6.63. The first-order valence-electron chi connectivity index (χ1n) is 8.64. The summed E-state index contributed by atoms with van der Waals surface area (Å²) in [6, 6.07) is 15.6. The monoisotopic (exact) mass is 351 g/mol. The van der Waals surface area contributed by atoms with Crippen molar-refractivity contribution in [2.24, 2.45) is 7.05 Å². The molecule has 1 N–H and O–H groups in total. The fraction of sp³-hybridized carbons (Fsp3) is 0.286. The summed E-state index contributed by atoms with van der Waals surface area (Å²) < 4.78 is 7.33. The smallest absolute Gasteiger partial charge is 0.251 e. The Labute approximate surface area is 154 Å². The molecule has 0 aliphatic heterocycles. The third-order valence-electron chi connectivity index (χ3n) is 4.70. The molecule has 2 aromatic carbocycles. The number of hydrogen-bond acceptors (Lipinski definition) is 3. The Morgan fingerprint density at radius 2 is 1.96 bits per heavy atom. The predicted molar refractivity (Wildman–Crippen MR) is 105 cm³/mol. The fourth-order valence-corrected chi connectivity index (χ4v) is 3.27. The molecular formula is C21H25N3O2. The molecule has 1 atom stereocenters. The molecule has 1 heterocycles. The third-order valence-corrected chi connectivity index (χ3v) is 4.70. The fourth-order valence-electron chi connectivity index (χ4n) is 3.27. The Hall–Kier alpha value is -2.79. The van der Waals surface area contributed by atoms with Crippen LogP contribution in [-0.2, 0) is 7.05 Å². The van der Waals surface area contributed by atoms with Gasteiger partial charge in [-0.1, -0.05) is 24.3 Å². The lowest BCUT2D eigenvalue weighted by Gasteiger charge is -2.24. The molecule has 1 unspecified atom stereocenters. The van der Waals surface area contributed by atoms with Crippen LogP contribution in [0.1, 0.15) is 22.0 Å². The maximum absolute atomic E-state index is 12.5. The molecule has 0 saturated carbocycles. The van der Waals surface area contributed by atoms with E-state index in [0.717, 1.165) is 0 Å². The Balaban J connectivity index is 1.82. The highest BCUT2D eigenvalue weighted by Crippen LogP contribution is 2.28. The molecule has 0 saturated heterocycles. The highest BCUT2D eigenvalue weighted by atomic mass is 16.5. The van der Waals surface area contributed by atoms with Crippen molar-refractivity contribution in [1.82, 2.24) is 14.8 Å². The van der Waals surface area contributed by atoms with Crippen LogP contribution < -0.4 is 10.1 Å². The summed E-state index contributed by atoms with van der Waals surface area (Å²) in [4.78, 5) is 14.7. The molecule has 0 aliphatic carbocycles. The average molecular weight is 351 g/mol. The standard InChI is InChI=1S/C21H25N3O2/c1-23(2)20(18-14-24(3)19-11-6-5-10-17(18)19)13-22-21(25)15-8-7-9-16(12-15)26-4/h5-12,14,20H,13H2,1-4H3,(H,22,25). The third kappa shape index (κ3) is 3.58. The van der Waals surface area contributed by atoms with Gasteiger partial charge in [0.15, 0.2) is 0 Å². The number of carbonyl (C=O) groups excluding carboxylic acids is 1. The zero-order valence-electron chi connectivity index (χ0n) is 15.7. The number of benzene rings is 2. The lowest BCUT2D eigenvalue weighted by molar-refractivity contribution is 0.0941. The van der Waals surface area contributed by atoms with E-state index >= 15 is 0 Å². The van der Waals surface area contributed by atoms with Crippen LogP contribution in [0.5, 0.6) is 5.75 Å². The number of ether oxygens (including phenoxy) is 1. The molecular weight excluding hydrogens is 326 g/mol. The maximum Gasteiger partial charge on any atom is 0.251 e. The Morgan fingerprint density at radius 1 is 1.19 bits per heavy atom. The van der Waals surface area contributed by atoms with E-state index in [2.05, 4.69) is 33.1 Å². The van der Waals surface area contributed by atoms with Crippen molar-refractivity contribution in [3.63, 3.8) is 0 Å². The second-order valence-electron chi connectivity index (χ2n) is 6.63. The van der Waals surface area contributed by atoms with E-state index in [4.69, 9.17) is 4.74 Å². The van der Waals surface area contributed by atoms with Gasteiger partial charge in [0, 0.05) is 36.3 Å². The minimum absolute atomic E-state index is 0.0793. The number of aryl methyl sites for hydroxylation is 1. The van der Waals surface area contributed by atoms with Gasteiger partial charge in [-0.05, 0) is 43.9 Å². The molecule has 0 fully saturated rings. The van der Waals surface area contributed by atoms with E-state index in [9.17, 15) is 4.79 Å². The van der Waals surface area contributed by atoms with Gasteiger partial charge < -0.3 is 19.5 Å². The molecule has 0 aliphatic rings. The molecule has 0 spiro atoms. The molecule has 5 nitrogen and oxygen atoms in total. The van der Waals surface area contributed by atoms with Gasteiger partial charge in [-0.15, -0.1) is 0 Å². The van der Waals surface area contributed by atoms with Gasteiger partial charge in [-0.25, -0.2) is 0 Å². The lowest BCUT2D eigenvalue weighted by Crippen LogP contribution is -2.34. The van der Waals surface area contributed by atoms with Crippen LogP contribution in [0.25, 0.3) is 10.9 Å². The number of methoxy groups -OCH3 is 1. The number of nitrogens with zero attached hydrogens (tertiary/aromatic N) is 2. The number of likely N-dealkylation sites (N-methyl/N-ethyl adjacent to an activating group) is 1. The van der Waals surface area contributed by atoms with Crippen LogP contribution in [-0.4, -0.2) is 43.1 Å². The summed E-state index contributed by atoms with van der Waals surface area (Å²) in [5.41, 5.74) is 2.99. The number of amides is 1. The van der Waals surface area contributed by atoms with E-state index < -0.39 is 0 Å². The summed E-state index contributed by atoms with van der Waals surface area (Å²) in [5.74, 6) is 0.576. The largest absolute Gasteiger partial charge is 0.497 e. The van der Waals surface area contributed by atoms with E-state index in [0.29, 0.717) is 17.9 Å². The van der Waals surface area contributed by atoms with Crippen molar-refractivity contribution in [3.05, 3.63) is 65.9 Å². The number of para-hydroxylation sites is 1. The van der Waals surface area contributed by atoms with E-state index in [1.807, 2.05) is 45.4 Å². The van der Waals surface area contributed by atoms with Gasteiger partial charge in [0.05, 0.1) is 13.2 Å². The number of hydrogen-bond donors (Lipinski definition) is 1. The van der Waals surface area contributed by atoms with Crippen LogP contribution in [0.3, 0.4) is 0 Å². The molecule has 3 aromatic rings. The van der Waals surface area contributed by atoms with Gasteiger partial charge in [0.2, 0.25) is 0 Å². The average Bonchev–Trinajstić information content (AvgIpc) is 2.98. The normalized spacial score (nSPS) is 12.3. The van der Waals surface area contributed by atoms with Crippen molar-refractivity contribution in [2.75, 3.05) is 27.7 Å². The van der Waals surface area contributed by atoms with Crippen LogP contribution in [0, 0.1) is 0 Å². The lowest BCUT2D eigenvalue weighted by atomic mass is 10.0. The molecule has 1 amide bonds. The molecule has 3 rings (SSSR count).